The van der Waals surface area contributed by atoms with Crippen molar-refractivity contribution in [3.05, 3.63) is 94.5 Å². The lowest BCUT2D eigenvalue weighted by Crippen LogP contribution is -2.17. The summed E-state index contributed by atoms with van der Waals surface area (Å²) >= 11 is 5.89. The molecule has 5 heteroatoms. The van der Waals surface area contributed by atoms with E-state index in [1.807, 2.05) is 43.3 Å². The molecule has 0 saturated heterocycles. The first kappa shape index (κ1) is 18.7. The van der Waals surface area contributed by atoms with Gasteiger partial charge in [0.15, 0.2) is 5.78 Å². The number of nitrogens with one attached hydrogen (secondary N) is 1. The second-order valence-corrected chi connectivity index (χ2v) is 6.71. The topological polar surface area (TPSA) is 49.4 Å². The van der Waals surface area contributed by atoms with E-state index in [0.29, 0.717) is 27.4 Å². The van der Waals surface area contributed by atoms with Crippen LogP contribution in [0, 0.1) is 0 Å². The highest BCUT2D eigenvalue weighted by Crippen LogP contribution is 2.20. The fourth-order valence-corrected chi connectivity index (χ4v) is 2.80. The Morgan fingerprint density at radius 1 is 0.815 bits per heavy atom. The normalized spacial score (nSPS) is 10.3. The number of nitrogens with zero attached hydrogens (tertiary/aromatic N) is 1. The van der Waals surface area contributed by atoms with Crippen molar-refractivity contribution in [3.63, 3.8) is 0 Å². The van der Waals surface area contributed by atoms with Gasteiger partial charge in [0.1, 0.15) is 0 Å². The Balaban J connectivity index is 1.85. The van der Waals surface area contributed by atoms with E-state index in [-0.39, 0.29) is 11.7 Å². The Labute approximate surface area is 163 Å². The first-order valence-electron chi connectivity index (χ1n) is 8.44. The molecule has 0 aromatic heterocycles. The second kappa shape index (κ2) is 8.06. The van der Waals surface area contributed by atoms with Gasteiger partial charge in [-0.3, -0.25) is 9.59 Å². The van der Waals surface area contributed by atoms with Crippen LogP contribution in [0.2, 0.25) is 5.02 Å². The summed E-state index contributed by atoms with van der Waals surface area (Å²) in [5.41, 5.74) is 2.86. The van der Waals surface area contributed by atoms with Gasteiger partial charge in [-0.05, 0) is 54.6 Å². The highest BCUT2D eigenvalue weighted by Gasteiger charge is 2.18. The number of carbonyl (C=O) groups excluding carboxylic acids is 2. The number of hydrogen-bond donors (Lipinski definition) is 1. The van der Waals surface area contributed by atoms with Crippen LogP contribution in [0.3, 0.4) is 0 Å². The van der Waals surface area contributed by atoms with E-state index in [4.69, 9.17) is 11.6 Å². The smallest absolute Gasteiger partial charge is 0.256 e. The molecule has 27 heavy (non-hydrogen) atoms. The van der Waals surface area contributed by atoms with E-state index >= 15 is 0 Å². The highest BCUT2D eigenvalue weighted by atomic mass is 35.5. The predicted octanol–water partition coefficient (Wildman–Crippen LogP) is 4.89. The molecule has 0 spiro atoms. The molecule has 0 saturated carbocycles. The van der Waals surface area contributed by atoms with Gasteiger partial charge in [-0.1, -0.05) is 29.8 Å². The van der Waals surface area contributed by atoms with Crippen molar-refractivity contribution in [1.82, 2.24) is 0 Å². The highest BCUT2D eigenvalue weighted by molar-refractivity contribution is 6.30. The maximum Gasteiger partial charge on any atom is 0.256 e. The maximum atomic E-state index is 12.8. The third-order valence-corrected chi connectivity index (χ3v) is 4.42. The van der Waals surface area contributed by atoms with Gasteiger partial charge in [0.25, 0.3) is 5.91 Å². The van der Waals surface area contributed by atoms with E-state index in [0.717, 1.165) is 5.69 Å². The average molecular weight is 379 g/mol. The summed E-state index contributed by atoms with van der Waals surface area (Å²) in [6.45, 7) is 0. The second-order valence-electron chi connectivity index (χ2n) is 6.28. The Morgan fingerprint density at radius 2 is 1.41 bits per heavy atom. The summed E-state index contributed by atoms with van der Waals surface area (Å²) in [6, 6.07) is 20.9. The Hall–Kier alpha value is -3.11. The first-order valence-corrected chi connectivity index (χ1v) is 8.81. The van der Waals surface area contributed by atoms with Crippen LogP contribution >= 0.6 is 11.6 Å². The SMILES string of the molecule is CN(C)c1ccc(NC(=O)c2ccccc2C(=O)c2ccc(Cl)cc2)cc1. The van der Waals surface area contributed by atoms with Gasteiger partial charge >= 0.3 is 0 Å². The Bertz CT molecular complexity index is 964. The number of ketones is 1. The molecule has 3 aromatic rings. The number of amides is 1. The summed E-state index contributed by atoms with van der Waals surface area (Å²) in [6.07, 6.45) is 0. The number of carbonyl (C=O) groups is 2. The minimum absolute atomic E-state index is 0.222. The van der Waals surface area contributed by atoms with Crippen molar-refractivity contribution >= 4 is 34.7 Å². The zero-order valence-electron chi connectivity index (χ0n) is 15.1. The number of rotatable bonds is 5. The molecule has 3 aromatic carbocycles. The summed E-state index contributed by atoms with van der Waals surface area (Å²) in [5, 5.41) is 3.40. The number of halogens is 1. The third-order valence-electron chi connectivity index (χ3n) is 4.16. The zero-order valence-corrected chi connectivity index (χ0v) is 15.8. The molecular formula is C22H19ClN2O2. The lowest BCUT2D eigenvalue weighted by atomic mass is 9.98. The molecular weight excluding hydrogens is 360 g/mol. The molecule has 0 bridgehead atoms. The predicted molar refractivity (Wildman–Crippen MR) is 110 cm³/mol. The molecule has 4 nitrogen and oxygen atoms in total. The number of anilines is 2. The van der Waals surface area contributed by atoms with Crippen LogP contribution in [-0.2, 0) is 0 Å². The van der Waals surface area contributed by atoms with Crippen LogP contribution in [0.4, 0.5) is 11.4 Å². The van der Waals surface area contributed by atoms with Crippen molar-refractivity contribution in [2.45, 2.75) is 0 Å². The van der Waals surface area contributed by atoms with Crippen molar-refractivity contribution < 1.29 is 9.59 Å². The van der Waals surface area contributed by atoms with Crippen molar-refractivity contribution in [2.24, 2.45) is 0 Å². The van der Waals surface area contributed by atoms with Crippen LogP contribution in [-0.4, -0.2) is 25.8 Å². The zero-order chi connectivity index (χ0) is 19.4. The minimum Gasteiger partial charge on any atom is -0.378 e. The Morgan fingerprint density at radius 3 is 2.00 bits per heavy atom. The van der Waals surface area contributed by atoms with E-state index in [2.05, 4.69) is 5.32 Å². The van der Waals surface area contributed by atoms with Gasteiger partial charge in [-0.2, -0.15) is 0 Å². The van der Waals surface area contributed by atoms with Gasteiger partial charge in [0, 0.05) is 41.6 Å². The molecule has 1 amide bonds. The van der Waals surface area contributed by atoms with E-state index in [1.165, 1.54) is 0 Å². The van der Waals surface area contributed by atoms with Crippen LogP contribution in [0.25, 0.3) is 0 Å². The fourth-order valence-electron chi connectivity index (χ4n) is 2.68. The number of hydrogen-bond acceptors (Lipinski definition) is 3. The summed E-state index contributed by atoms with van der Waals surface area (Å²) in [7, 11) is 3.90. The van der Waals surface area contributed by atoms with Crippen LogP contribution in [0.5, 0.6) is 0 Å². The van der Waals surface area contributed by atoms with E-state index < -0.39 is 0 Å². The fraction of sp³-hybridized carbons (Fsp3) is 0.0909. The average Bonchev–Trinajstić information content (AvgIpc) is 2.68. The third kappa shape index (κ3) is 4.36. The van der Waals surface area contributed by atoms with E-state index in [1.54, 1.807) is 48.5 Å². The molecule has 0 radical (unpaired) electrons. The van der Waals surface area contributed by atoms with Crippen LogP contribution in [0.1, 0.15) is 26.3 Å². The van der Waals surface area contributed by atoms with Gasteiger partial charge in [-0.15, -0.1) is 0 Å². The summed E-state index contributed by atoms with van der Waals surface area (Å²) < 4.78 is 0. The first-order chi connectivity index (χ1) is 13.0. The quantitative estimate of drug-likeness (QED) is 0.643. The molecule has 3 rings (SSSR count). The van der Waals surface area contributed by atoms with Crippen LogP contribution in [0.15, 0.2) is 72.8 Å². The Kier molecular flexibility index (Phi) is 5.57. The van der Waals surface area contributed by atoms with Gasteiger partial charge in [0.2, 0.25) is 0 Å². The molecule has 0 heterocycles. The van der Waals surface area contributed by atoms with Crippen molar-refractivity contribution in [3.8, 4) is 0 Å². The van der Waals surface area contributed by atoms with Crippen molar-refractivity contribution in [1.29, 1.82) is 0 Å². The molecule has 0 aliphatic heterocycles. The number of benzene rings is 3. The molecule has 1 N–H and O–H groups in total. The lowest BCUT2D eigenvalue weighted by Gasteiger charge is -2.13. The monoisotopic (exact) mass is 378 g/mol. The maximum absolute atomic E-state index is 12.8. The summed E-state index contributed by atoms with van der Waals surface area (Å²) in [5.74, 6) is -0.550. The standard InChI is InChI=1S/C22H19ClN2O2/c1-25(2)18-13-11-17(12-14-18)24-22(27)20-6-4-3-5-19(20)21(26)15-7-9-16(23)10-8-15/h3-14H,1-2H3,(H,24,27). The largest absolute Gasteiger partial charge is 0.378 e. The van der Waals surface area contributed by atoms with Gasteiger partial charge in [-0.25, -0.2) is 0 Å². The minimum atomic E-state index is -0.328. The summed E-state index contributed by atoms with van der Waals surface area (Å²) in [4.78, 5) is 27.6. The van der Waals surface area contributed by atoms with E-state index in [9.17, 15) is 9.59 Å². The lowest BCUT2D eigenvalue weighted by molar-refractivity contribution is 0.0996. The molecule has 0 fully saturated rings. The molecule has 0 aliphatic rings. The molecule has 136 valence electrons. The van der Waals surface area contributed by atoms with Crippen LogP contribution < -0.4 is 10.2 Å². The molecule has 0 atom stereocenters. The van der Waals surface area contributed by atoms with Gasteiger partial charge in [0.05, 0.1) is 5.56 Å². The molecule has 0 aliphatic carbocycles. The molecule has 0 unspecified atom stereocenters. The van der Waals surface area contributed by atoms with Crippen molar-refractivity contribution in [2.75, 3.05) is 24.3 Å². The van der Waals surface area contributed by atoms with Gasteiger partial charge < -0.3 is 10.2 Å².